The van der Waals surface area contributed by atoms with Gasteiger partial charge in [-0.25, -0.2) is 0 Å². The fourth-order valence-corrected chi connectivity index (χ4v) is 7.64. The van der Waals surface area contributed by atoms with Crippen molar-refractivity contribution in [1.29, 1.82) is 0 Å². The maximum Gasteiger partial charge on any atom is 0.309 e. The molecule has 5 heteroatoms. The van der Waals surface area contributed by atoms with Crippen LogP contribution in [0.5, 0.6) is 0 Å². The number of carbonyl (C=O) groups excluding carboxylic acids is 2. The number of carbonyl (C=O) groups is 2. The van der Waals surface area contributed by atoms with E-state index in [1.807, 2.05) is 12.2 Å². The largest absolute Gasteiger partial charge is 0.461 e. The van der Waals surface area contributed by atoms with Crippen molar-refractivity contribution < 1.29 is 23.8 Å². The van der Waals surface area contributed by atoms with E-state index in [0.29, 0.717) is 13.0 Å². The Balaban J connectivity index is 4.27. The molecule has 0 saturated heterocycles. The molecule has 5 nitrogen and oxygen atoms in total. The molecule has 0 aromatic rings. The maximum atomic E-state index is 12.8. The molecule has 0 amide bonds. The molecule has 0 bridgehead atoms. The minimum absolute atomic E-state index is 0.0345. The van der Waals surface area contributed by atoms with Crippen LogP contribution in [0.25, 0.3) is 0 Å². The zero-order valence-corrected chi connectivity index (χ0v) is 41.4. The van der Waals surface area contributed by atoms with Gasteiger partial charge < -0.3 is 14.2 Å². The maximum absolute atomic E-state index is 12.8. The van der Waals surface area contributed by atoms with Crippen LogP contribution in [0.2, 0.25) is 0 Å². The lowest BCUT2D eigenvalue weighted by molar-refractivity contribution is -0.162. The van der Waals surface area contributed by atoms with Crippen molar-refractivity contribution in [3.05, 3.63) is 60.8 Å². The Kier molecular flexibility index (Phi) is 50.9. The molecule has 0 aromatic carbocycles. The normalized spacial score (nSPS) is 12.6. The fourth-order valence-electron chi connectivity index (χ4n) is 7.64. The van der Waals surface area contributed by atoms with Gasteiger partial charge in [0.25, 0.3) is 0 Å². The summed E-state index contributed by atoms with van der Waals surface area (Å²) in [5.74, 6) is -0.533. The number of unbranched alkanes of at least 4 members (excludes halogenated alkanes) is 29. The van der Waals surface area contributed by atoms with Gasteiger partial charge in [-0.1, -0.05) is 268 Å². The summed E-state index contributed by atoms with van der Waals surface area (Å²) in [7, 11) is 0. The highest BCUT2D eigenvalue weighted by Gasteiger charge is 2.17. The molecule has 0 aliphatic carbocycles. The lowest BCUT2D eigenvalue weighted by atomic mass is 10.0. The van der Waals surface area contributed by atoms with E-state index in [2.05, 4.69) is 69.4 Å². The standard InChI is InChI=1S/C57H102O5/c1-4-7-10-13-16-19-22-24-26-27-28-29-30-32-34-37-40-43-46-49-52-60-53-55(62-57(59)51-48-45-42-39-35-21-18-15-12-9-6-3)54-61-56(58)50-47-44-41-38-36-33-31-25-23-20-17-14-11-8-5-2/h8,11,17,20,25,31,36,38,44,47,55H,4-7,9-10,12-16,18-19,21-24,26-30,32-35,37,39-43,45-46,48-54H2,1-3H3/b11-8-,20-17-,31-25-,38-36-,47-44-. The van der Waals surface area contributed by atoms with Gasteiger partial charge in [-0.05, 0) is 44.9 Å². The van der Waals surface area contributed by atoms with Gasteiger partial charge in [-0.2, -0.15) is 0 Å². The van der Waals surface area contributed by atoms with Crippen LogP contribution in [0.1, 0.15) is 265 Å². The van der Waals surface area contributed by atoms with Crippen molar-refractivity contribution in [2.45, 2.75) is 271 Å². The topological polar surface area (TPSA) is 61.8 Å². The zero-order chi connectivity index (χ0) is 44.9. The first-order valence-electron chi connectivity index (χ1n) is 26.8. The Labute approximate surface area is 385 Å². The molecule has 0 rings (SSSR count). The van der Waals surface area contributed by atoms with E-state index in [9.17, 15) is 9.59 Å². The molecular formula is C57H102O5. The first kappa shape index (κ1) is 59.6. The minimum Gasteiger partial charge on any atom is -0.461 e. The quantitative estimate of drug-likeness (QED) is 0.0346. The molecule has 0 spiro atoms. The highest BCUT2D eigenvalue weighted by molar-refractivity contribution is 5.71. The predicted octanol–water partition coefficient (Wildman–Crippen LogP) is 18.1. The fraction of sp³-hybridized carbons (Fsp3) is 0.789. The lowest BCUT2D eigenvalue weighted by Crippen LogP contribution is -2.30. The van der Waals surface area contributed by atoms with Gasteiger partial charge in [-0.15, -0.1) is 0 Å². The monoisotopic (exact) mass is 867 g/mol. The number of allylic oxidation sites excluding steroid dienone is 9. The van der Waals surface area contributed by atoms with Crippen molar-refractivity contribution in [3.8, 4) is 0 Å². The summed E-state index contributed by atoms with van der Waals surface area (Å²) >= 11 is 0. The van der Waals surface area contributed by atoms with Crippen molar-refractivity contribution in [3.63, 3.8) is 0 Å². The van der Waals surface area contributed by atoms with Crippen LogP contribution in [0.4, 0.5) is 0 Å². The number of rotatable bonds is 49. The molecule has 1 unspecified atom stereocenters. The van der Waals surface area contributed by atoms with Gasteiger partial charge in [0.1, 0.15) is 6.61 Å². The highest BCUT2D eigenvalue weighted by Crippen LogP contribution is 2.16. The van der Waals surface area contributed by atoms with Crippen LogP contribution in [0.15, 0.2) is 60.8 Å². The Morgan fingerprint density at radius 1 is 0.371 bits per heavy atom. The average Bonchev–Trinajstić information content (AvgIpc) is 3.27. The second kappa shape index (κ2) is 52.9. The van der Waals surface area contributed by atoms with Gasteiger partial charge >= 0.3 is 11.9 Å². The highest BCUT2D eigenvalue weighted by atomic mass is 16.6. The Morgan fingerprint density at radius 2 is 0.710 bits per heavy atom. The molecule has 360 valence electrons. The third-order valence-corrected chi connectivity index (χ3v) is 11.6. The molecule has 0 aromatic heterocycles. The molecule has 0 saturated carbocycles. The number of esters is 2. The van der Waals surface area contributed by atoms with Crippen LogP contribution in [0.3, 0.4) is 0 Å². The van der Waals surface area contributed by atoms with E-state index in [1.165, 1.54) is 173 Å². The Bertz CT molecular complexity index is 1070. The molecule has 0 aliphatic heterocycles. The predicted molar refractivity (Wildman–Crippen MR) is 270 cm³/mol. The molecule has 0 fully saturated rings. The third-order valence-electron chi connectivity index (χ3n) is 11.6. The van der Waals surface area contributed by atoms with Crippen LogP contribution in [0, 0.1) is 0 Å². The van der Waals surface area contributed by atoms with Crippen molar-refractivity contribution in [1.82, 2.24) is 0 Å². The number of hydrogen-bond acceptors (Lipinski definition) is 5. The van der Waals surface area contributed by atoms with E-state index < -0.39 is 6.10 Å². The Morgan fingerprint density at radius 3 is 1.10 bits per heavy atom. The van der Waals surface area contributed by atoms with E-state index in [0.717, 1.165) is 57.8 Å². The second-order valence-electron chi connectivity index (χ2n) is 17.8. The summed E-state index contributed by atoms with van der Waals surface area (Å²) in [4.78, 5) is 25.3. The van der Waals surface area contributed by atoms with E-state index >= 15 is 0 Å². The first-order chi connectivity index (χ1) is 30.6. The average molecular weight is 867 g/mol. The molecule has 0 aliphatic rings. The van der Waals surface area contributed by atoms with Crippen LogP contribution in [-0.4, -0.2) is 37.9 Å². The summed E-state index contributed by atoms with van der Waals surface area (Å²) in [6.07, 6.45) is 67.0. The lowest BCUT2D eigenvalue weighted by Gasteiger charge is -2.18. The van der Waals surface area contributed by atoms with E-state index in [-0.39, 0.29) is 31.6 Å². The van der Waals surface area contributed by atoms with Gasteiger partial charge in [0.15, 0.2) is 6.10 Å². The van der Waals surface area contributed by atoms with Crippen molar-refractivity contribution in [2.75, 3.05) is 19.8 Å². The smallest absolute Gasteiger partial charge is 0.309 e. The minimum atomic E-state index is -0.572. The molecular weight excluding hydrogens is 765 g/mol. The van der Waals surface area contributed by atoms with Crippen molar-refractivity contribution >= 4 is 11.9 Å². The molecule has 62 heavy (non-hydrogen) atoms. The summed E-state index contributed by atoms with van der Waals surface area (Å²) < 4.78 is 17.3. The van der Waals surface area contributed by atoms with Crippen LogP contribution in [-0.2, 0) is 23.8 Å². The number of ether oxygens (including phenoxy) is 3. The van der Waals surface area contributed by atoms with Gasteiger partial charge in [0, 0.05) is 13.0 Å². The molecule has 1 atom stereocenters. The zero-order valence-electron chi connectivity index (χ0n) is 41.4. The molecule has 0 N–H and O–H groups in total. The van der Waals surface area contributed by atoms with Gasteiger partial charge in [-0.3, -0.25) is 9.59 Å². The van der Waals surface area contributed by atoms with Crippen molar-refractivity contribution in [2.24, 2.45) is 0 Å². The summed E-state index contributed by atoms with van der Waals surface area (Å²) in [6, 6.07) is 0. The van der Waals surface area contributed by atoms with Crippen LogP contribution < -0.4 is 0 Å². The molecule has 0 radical (unpaired) electrons. The van der Waals surface area contributed by atoms with E-state index in [1.54, 1.807) is 0 Å². The third kappa shape index (κ3) is 50.2. The second-order valence-corrected chi connectivity index (χ2v) is 17.8. The van der Waals surface area contributed by atoms with Gasteiger partial charge in [0.05, 0.1) is 13.0 Å². The summed E-state index contributed by atoms with van der Waals surface area (Å²) in [5, 5.41) is 0. The SMILES string of the molecule is CC/C=C\C/C=C\C/C=C\C/C=C\C/C=C\CC(=O)OCC(COCCCCCCCCCCCCCCCCCCCCCC)OC(=O)CCCCCCCCCCCCC. The van der Waals surface area contributed by atoms with Crippen LogP contribution >= 0.6 is 0 Å². The molecule has 0 heterocycles. The van der Waals surface area contributed by atoms with Gasteiger partial charge in [0.2, 0.25) is 0 Å². The van der Waals surface area contributed by atoms with E-state index in [4.69, 9.17) is 14.2 Å². The summed E-state index contributed by atoms with van der Waals surface area (Å²) in [5.41, 5.74) is 0. The summed E-state index contributed by atoms with van der Waals surface area (Å²) in [6.45, 7) is 7.64. The Hall–Kier alpha value is -2.40. The number of hydrogen-bond donors (Lipinski definition) is 0. The first-order valence-corrected chi connectivity index (χ1v) is 26.8.